The first-order valence-electron chi connectivity index (χ1n) is 8.38. The standard InChI is InChI=1S/C16H27N3O4S2.ClH/c1-12(2)16(17)10-11-19(3)25(22,23)15-8-6-14(7-9-15)24(20,21)18-13-4-5-13;/h6-9,12-13,16,18H,4-5,10-11,17H2,1-3H3;1H. The predicted molar refractivity (Wildman–Crippen MR) is 104 cm³/mol. The van der Waals surface area contributed by atoms with E-state index in [1.165, 1.54) is 35.6 Å². The summed E-state index contributed by atoms with van der Waals surface area (Å²) >= 11 is 0. The lowest BCUT2D eigenvalue weighted by molar-refractivity contribution is 0.397. The van der Waals surface area contributed by atoms with Gasteiger partial charge in [0.25, 0.3) is 0 Å². The summed E-state index contributed by atoms with van der Waals surface area (Å²) in [7, 11) is -5.75. The van der Waals surface area contributed by atoms with Crippen molar-refractivity contribution in [1.29, 1.82) is 0 Å². The van der Waals surface area contributed by atoms with Crippen molar-refractivity contribution >= 4 is 32.5 Å². The quantitative estimate of drug-likeness (QED) is 0.623. The summed E-state index contributed by atoms with van der Waals surface area (Å²) in [6, 6.07) is 5.24. The van der Waals surface area contributed by atoms with Crippen molar-refractivity contribution in [1.82, 2.24) is 9.03 Å². The van der Waals surface area contributed by atoms with Gasteiger partial charge in [0.1, 0.15) is 0 Å². The highest BCUT2D eigenvalue weighted by molar-refractivity contribution is 7.89. The molecule has 0 aliphatic heterocycles. The van der Waals surface area contributed by atoms with Crippen LogP contribution in [0.1, 0.15) is 33.1 Å². The number of nitrogens with two attached hydrogens (primary N) is 1. The monoisotopic (exact) mass is 425 g/mol. The minimum Gasteiger partial charge on any atom is -0.327 e. The summed E-state index contributed by atoms with van der Waals surface area (Å²) < 4.78 is 53.3. The molecule has 7 nitrogen and oxygen atoms in total. The first-order valence-corrected chi connectivity index (χ1v) is 11.3. The Bertz CT molecular complexity index is 791. The second-order valence-corrected chi connectivity index (χ2v) is 10.6. The molecule has 0 spiro atoms. The van der Waals surface area contributed by atoms with Crippen LogP contribution < -0.4 is 10.5 Å². The molecular formula is C16H28ClN3O4S2. The van der Waals surface area contributed by atoms with Gasteiger partial charge in [-0.15, -0.1) is 12.4 Å². The number of halogens is 1. The summed E-state index contributed by atoms with van der Waals surface area (Å²) in [5.41, 5.74) is 5.96. The van der Waals surface area contributed by atoms with E-state index in [1.54, 1.807) is 0 Å². The Morgan fingerprint density at radius 2 is 1.62 bits per heavy atom. The van der Waals surface area contributed by atoms with Gasteiger partial charge in [-0.05, 0) is 49.4 Å². The zero-order valence-corrected chi connectivity index (χ0v) is 17.7. The molecule has 0 aromatic heterocycles. The molecule has 3 N–H and O–H groups in total. The Labute approximate surface area is 162 Å². The third-order valence-corrected chi connectivity index (χ3v) is 7.78. The van der Waals surface area contributed by atoms with Gasteiger partial charge in [-0.2, -0.15) is 0 Å². The molecule has 0 radical (unpaired) electrons. The number of nitrogens with zero attached hydrogens (tertiary/aromatic N) is 1. The molecule has 1 unspecified atom stereocenters. The topological polar surface area (TPSA) is 110 Å². The van der Waals surface area contributed by atoms with Crippen LogP contribution in [0.15, 0.2) is 34.1 Å². The average Bonchev–Trinajstić information content (AvgIpc) is 3.35. The number of sulfonamides is 2. The van der Waals surface area contributed by atoms with Crippen LogP contribution in [-0.4, -0.2) is 46.8 Å². The normalized spacial score (nSPS) is 16.5. The van der Waals surface area contributed by atoms with Crippen LogP contribution in [0.4, 0.5) is 0 Å². The zero-order chi connectivity index (χ0) is 18.8. The lowest BCUT2D eigenvalue weighted by Gasteiger charge is -2.21. The van der Waals surface area contributed by atoms with Crippen molar-refractivity contribution in [3.8, 4) is 0 Å². The molecule has 10 heteroatoms. The van der Waals surface area contributed by atoms with Gasteiger partial charge in [0.05, 0.1) is 9.79 Å². The van der Waals surface area contributed by atoms with E-state index in [2.05, 4.69) is 4.72 Å². The molecule has 0 heterocycles. The highest BCUT2D eigenvalue weighted by Crippen LogP contribution is 2.23. The smallest absolute Gasteiger partial charge is 0.242 e. The first-order chi connectivity index (χ1) is 11.5. The van der Waals surface area contributed by atoms with Crippen molar-refractivity contribution in [2.45, 2.75) is 55.0 Å². The molecule has 1 atom stereocenters. The SMILES string of the molecule is CC(C)C(N)CCN(C)S(=O)(=O)c1ccc(S(=O)(=O)NC2CC2)cc1.Cl. The van der Waals surface area contributed by atoms with Crippen molar-refractivity contribution < 1.29 is 16.8 Å². The molecule has 1 aliphatic rings. The molecule has 1 aromatic rings. The van der Waals surface area contributed by atoms with Crippen LogP contribution in [-0.2, 0) is 20.0 Å². The minimum atomic E-state index is -3.67. The summed E-state index contributed by atoms with van der Waals surface area (Å²) in [4.78, 5) is 0.140. The first kappa shape index (κ1) is 23.3. The van der Waals surface area contributed by atoms with Crippen LogP contribution in [0.2, 0.25) is 0 Å². The molecule has 150 valence electrons. The highest BCUT2D eigenvalue weighted by atomic mass is 35.5. The molecule has 2 rings (SSSR count). The van der Waals surface area contributed by atoms with E-state index in [1.807, 2.05) is 13.8 Å². The van der Waals surface area contributed by atoms with Crippen LogP contribution in [0.25, 0.3) is 0 Å². The number of benzene rings is 1. The van der Waals surface area contributed by atoms with Gasteiger partial charge in [0.15, 0.2) is 0 Å². The fourth-order valence-electron chi connectivity index (χ4n) is 2.24. The number of rotatable bonds is 9. The second kappa shape index (κ2) is 8.99. The zero-order valence-electron chi connectivity index (χ0n) is 15.3. The second-order valence-electron chi connectivity index (χ2n) is 6.89. The van der Waals surface area contributed by atoms with Gasteiger partial charge in [-0.25, -0.2) is 25.9 Å². The fraction of sp³-hybridized carbons (Fsp3) is 0.625. The van der Waals surface area contributed by atoms with E-state index in [9.17, 15) is 16.8 Å². The van der Waals surface area contributed by atoms with Gasteiger partial charge >= 0.3 is 0 Å². The maximum atomic E-state index is 12.6. The van der Waals surface area contributed by atoms with E-state index < -0.39 is 20.0 Å². The third-order valence-electron chi connectivity index (χ3n) is 4.38. The molecule has 0 amide bonds. The molecule has 1 fully saturated rings. The molecule has 1 saturated carbocycles. The van der Waals surface area contributed by atoms with Crippen molar-refractivity contribution in [3.63, 3.8) is 0 Å². The van der Waals surface area contributed by atoms with Gasteiger partial charge < -0.3 is 5.73 Å². The largest absolute Gasteiger partial charge is 0.327 e. The highest BCUT2D eigenvalue weighted by Gasteiger charge is 2.28. The Balaban J connectivity index is 0.00000338. The maximum absolute atomic E-state index is 12.6. The molecule has 0 saturated heterocycles. The van der Waals surface area contributed by atoms with Gasteiger partial charge in [0, 0.05) is 25.7 Å². The van der Waals surface area contributed by atoms with Crippen molar-refractivity contribution in [2.75, 3.05) is 13.6 Å². The molecule has 26 heavy (non-hydrogen) atoms. The van der Waals surface area contributed by atoms with E-state index >= 15 is 0 Å². The van der Waals surface area contributed by atoms with Gasteiger partial charge in [-0.1, -0.05) is 13.8 Å². The van der Waals surface area contributed by atoms with E-state index in [0.717, 1.165) is 12.8 Å². The average molecular weight is 426 g/mol. The van der Waals surface area contributed by atoms with Crippen LogP contribution in [0, 0.1) is 5.92 Å². The predicted octanol–water partition coefficient (Wildman–Crippen LogP) is 1.54. The van der Waals surface area contributed by atoms with Gasteiger partial charge in [-0.3, -0.25) is 0 Å². The Kier molecular flexibility index (Phi) is 8.06. The molecular weight excluding hydrogens is 398 g/mol. The van der Waals surface area contributed by atoms with Crippen molar-refractivity contribution in [2.24, 2.45) is 11.7 Å². The summed E-state index contributed by atoms with van der Waals surface area (Å²) in [6.45, 7) is 4.30. The van der Waals surface area contributed by atoms with Crippen molar-refractivity contribution in [3.05, 3.63) is 24.3 Å². The number of nitrogens with one attached hydrogen (secondary N) is 1. The van der Waals surface area contributed by atoms with E-state index in [4.69, 9.17) is 5.73 Å². The Morgan fingerprint density at radius 1 is 1.12 bits per heavy atom. The summed E-state index contributed by atoms with van der Waals surface area (Å²) in [6.07, 6.45) is 2.25. The number of hydrogen-bond acceptors (Lipinski definition) is 5. The fourth-order valence-corrected chi connectivity index (χ4v) is 4.73. The minimum absolute atomic E-state index is 0. The molecule has 1 aliphatic carbocycles. The van der Waals surface area contributed by atoms with Gasteiger partial charge in [0.2, 0.25) is 20.0 Å². The Hall–Kier alpha value is -0.710. The summed E-state index contributed by atoms with van der Waals surface area (Å²) in [5, 5.41) is 0. The summed E-state index contributed by atoms with van der Waals surface area (Å²) in [5.74, 6) is 0.277. The van der Waals surface area contributed by atoms with Crippen LogP contribution >= 0.6 is 12.4 Å². The lowest BCUT2D eigenvalue weighted by Crippen LogP contribution is -2.34. The lowest BCUT2D eigenvalue weighted by atomic mass is 10.0. The maximum Gasteiger partial charge on any atom is 0.242 e. The van der Waals surface area contributed by atoms with Crippen LogP contribution in [0.3, 0.4) is 0 Å². The Morgan fingerprint density at radius 3 is 2.08 bits per heavy atom. The van der Waals surface area contributed by atoms with E-state index in [0.29, 0.717) is 13.0 Å². The third kappa shape index (κ3) is 5.90. The molecule has 1 aromatic carbocycles. The number of hydrogen-bond donors (Lipinski definition) is 2. The van der Waals surface area contributed by atoms with E-state index in [-0.39, 0.29) is 40.2 Å². The molecule has 0 bridgehead atoms. The van der Waals surface area contributed by atoms with Crippen LogP contribution in [0.5, 0.6) is 0 Å².